The van der Waals surface area contributed by atoms with Crippen molar-refractivity contribution in [2.75, 3.05) is 26.6 Å². The number of nitrogens with two attached hydrogens (primary N) is 2. The lowest BCUT2D eigenvalue weighted by Crippen LogP contribution is -2.20. The Morgan fingerprint density at radius 3 is 2.65 bits per heavy atom. The zero-order valence-corrected chi connectivity index (χ0v) is 9.70. The molecule has 0 aliphatic heterocycles. The maximum absolute atomic E-state index is 13.3. The first-order chi connectivity index (χ1) is 8.01. The third kappa shape index (κ3) is 2.92. The van der Waals surface area contributed by atoms with Gasteiger partial charge in [-0.3, -0.25) is 0 Å². The summed E-state index contributed by atoms with van der Waals surface area (Å²) in [7, 11) is 2.66. The van der Waals surface area contributed by atoms with Gasteiger partial charge >= 0.3 is 5.97 Å². The molecule has 0 aromatic heterocycles. The van der Waals surface area contributed by atoms with Gasteiger partial charge in [0.2, 0.25) is 0 Å². The van der Waals surface area contributed by atoms with Crippen molar-refractivity contribution in [2.45, 2.75) is 6.04 Å². The van der Waals surface area contributed by atoms with Crippen LogP contribution in [0.3, 0.4) is 0 Å². The number of carbonyl (C=O) groups excluding carboxylic acids is 1. The molecule has 0 radical (unpaired) electrons. The van der Waals surface area contributed by atoms with E-state index < -0.39 is 17.8 Å². The zero-order chi connectivity index (χ0) is 13.0. The summed E-state index contributed by atoms with van der Waals surface area (Å²) in [5.74, 6) is -1.30. The quantitative estimate of drug-likeness (QED) is 0.603. The first-order valence-corrected chi connectivity index (χ1v) is 4.93. The molecule has 1 rings (SSSR count). The van der Waals surface area contributed by atoms with Crippen LogP contribution in [-0.4, -0.2) is 26.8 Å². The smallest absolute Gasteiger partial charge is 0.340 e. The Hall–Kier alpha value is -1.66. The van der Waals surface area contributed by atoms with Gasteiger partial charge in [-0.15, -0.1) is 0 Å². The molecule has 4 N–H and O–H groups in total. The van der Waals surface area contributed by atoms with Crippen LogP contribution in [0.15, 0.2) is 12.1 Å². The van der Waals surface area contributed by atoms with Gasteiger partial charge in [-0.05, 0) is 17.7 Å². The molecule has 6 heteroatoms. The van der Waals surface area contributed by atoms with Crippen molar-refractivity contribution in [3.63, 3.8) is 0 Å². The fourth-order valence-corrected chi connectivity index (χ4v) is 1.49. The summed E-state index contributed by atoms with van der Waals surface area (Å²) < 4.78 is 22.7. The van der Waals surface area contributed by atoms with E-state index in [1.807, 2.05) is 0 Å². The standard InChI is InChI=1S/C11H15FN2O3/c1-16-5-9(13)7-3-6(12)4-8(10(7)14)11(15)17-2/h3-4,9H,5,13-14H2,1-2H3/t9-/m0/s1. The van der Waals surface area contributed by atoms with Crippen molar-refractivity contribution >= 4 is 11.7 Å². The molecule has 5 nitrogen and oxygen atoms in total. The lowest BCUT2D eigenvalue weighted by molar-refractivity contribution is 0.0601. The van der Waals surface area contributed by atoms with Gasteiger partial charge in [0.15, 0.2) is 0 Å². The number of carbonyl (C=O) groups is 1. The Morgan fingerprint density at radius 1 is 1.47 bits per heavy atom. The van der Waals surface area contributed by atoms with Crippen molar-refractivity contribution in [1.82, 2.24) is 0 Å². The van der Waals surface area contributed by atoms with Crippen molar-refractivity contribution in [1.29, 1.82) is 0 Å². The number of hydrogen-bond acceptors (Lipinski definition) is 5. The van der Waals surface area contributed by atoms with E-state index in [-0.39, 0.29) is 17.9 Å². The largest absolute Gasteiger partial charge is 0.465 e. The third-order valence-corrected chi connectivity index (χ3v) is 2.33. The molecule has 0 spiro atoms. The minimum atomic E-state index is -0.701. The number of nitrogen functional groups attached to an aromatic ring is 1. The molecule has 0 saturated carbocycles. The molecule has 1 aromatic rings. The van der Waals surface area contributed by atoms with Gasteiger partial charge in [0, 0.05) is 7.11 Å². The average Bonchev–Trinajstić information content (AvgIpc) is 2.30. The Labute approximate surface area is 98.5 Å². The predicted molar refractivity (Wildman–Crippen MR) is 61.0 cm³/mol. The van der Waals surface area contributed by atoms with E-state index in [1.54, 1.807) is 0 Å². The Bertz CT molecular complexity index is 423. The van der Waals surface area contributed by atoms with Crippen LogP contribution >= 0.6 is 0 Å². The monoisotopic (exact) mass is 242 g/mol. The summed E-state index contributed by atoms with van der Waals surface area (Å²) in [5, 5.41) is 0. The first kappa shape index (κ1) is 13.4. The SMILES string of the molecule is COC[C@H](N)c1cc(F)cc(C(=O)OC)c1N. The van der Waals surface area contributed by atoms with Crippen LogP contribution in [0, 0.1) is 5.82 Å². The number of esters is 1. The lowest BCUT2D eigenvalue weighted by Gasteiger charge is -2.15. The molecular formula is C11H15FN2O3. The van der Waals surface area contributed by atoms with Crippen LogP contribution in [0.2, 0.25) is 0 Å². The van der Waals surface area contributed by atoms with Crippen molar-refractivity contribution in [2.24, 2.45) is 5.73 Å². The first-order valence-electron chi connectivity index (χ1n) is 4.93. The Balaban J connectivity index is 3.23. The van der Waals surface area contributed by atoms with Gasteiger partial charge < -0.3 is 20.9 Å². The van der Waals surface area contributed by atoms with Gasteiger partial charge in [0.25, 0.3) is 0 Å². The Morgan fingerprint density at radius 2 is 2.12 bits per heavy atom. The van der Waals surface area contributed by atoms with Gasteiger partial charge in [0.1, 0.15) is 5.82 Å². The molecule has 0 fully saturated rings. The number of hydrogen-bond donors (Lipinski definition) is 2. The highest BCUT2D eigenvalue weighted by atomic mass is 19.1. The van der Waals surface area contributed by atoms with E-state index >= 15 is 0 Å². The van der Waals surface area contributed by atoms with Crippen LogP contribution in [0.25, 0.3) is 0 Å². The zero-order valence-electron chi connectivity index (χ0n) is 9.70. The van der Waals surface area contributed by atoms with Gasteiger partial charge in [-0.25, -0.2) is 9.18 Å². The molecule has 0 heterocycles. The van der Waals surface area contributed by atoms with E-state index in [9.17, 15) is 9.18 Å². The van der Waals surface area contributed by atoms with Crippen LogP contribution in [0.1, 0.15) is 22.0 Å². The highest BCUT2D eigenvalue weighted by Crippen LogP contribution is 2.25. The summed E-state index contributed by atoms with van der Waals surface area (Å²) in [5.41, 5.74) is 11.9. The van der Waals surface area contributed by atoms with E-state index in [0.717, 1.165) is 6.07 Å². The van der Waals surface area contributed by atoms with Crippen LogP contribution in [0.4, 0.5) is 10.1 Å². The molecule has 1 aromatic carbocycles. The Kier molecular flexibility index (Phi) is 4.42. The fraction of sp³-hybridized carbons (Fsp3) is 0.364. The molecule has 0 unspecified atom stereocenters. The fourth-order valence-electron chi connectivity index (χ4n) is 1.49. The minimum Gasteiger partial charge on any atom is -0.465 e. The highest BCUT2D eigenvalue weighted by molar-refractivity contribution is 5.95. The minimum absolute atomic E-state index is 0.0333. The summed E-state index contributed by atoms with van der Waals surface area (Å²) >= 11 is 0. The number of rotatable bonds is 4. The molecule has 0 amide bonds. The summed E-state index contributed by atoms with van der Waals surface area (Å²) in [4.78, 5) is 11.4. The molecule has 1 atom stereocenters. The summed E-state index contributed by atoms with van der Waals surface area (Å²) in [6, 6.07) is 1.61. The van der Waals surface area contributed by atoms with Crippen LogP contribution < -0.4 is 11.5 Å². The number of methoxy groups -OCH3 is 2. The van der Waals surface area contributed by atoms with E-state index in [0.29, 0.717) is 5.56 Å². The molecule has 0 aliphatic carbocycles. The average molecular weight is 242 g/mol. The predicted octanol–water partition coefficient (Wildman–Crippen LogP) is 0.841. The van der Waals surface area contributed by atoms with Crippen molar-refractivity contribution in [3.8, 4) is 0 Å². The number of benzene rings is 1. The molecule has 94 valence electrons. The summed E-state index contributed by atoms with van der Waals surface area (Å²) in [6.45, 7) is 0.175. The van der Waals surface area contributed by atoms with Crippen LogP contribution in [0.5, 0.6) is 0 Å². The van der Waals surface area contributed by atoms with E-state index in [1.165, 1.54) is 20.3 Å². The van der Waals surface area contributed by atoms with Crippen LogP contribution in [-0.2, 0) is 9.47 Å². The van der Waals surface area contributed by atoms with E-state index in [4.69, 9.17) is 16.2 Å². The lowest BCUT2D eigenvalue weighted by atomic mass is 10.0. The number of anilines is 1. The molecule has 0 saturated heterocycles. The molecule has 17 heavy (non-hydrogen) atoms. The van der Waals surface area contributed by atoms with E-state index in [2.05, 4.69) is 4.74 Å². The highest BCUT2D eigenvalue weighted by Gasteiger charge is 2.19. The molecular weight excluding hydrogens is 227 g/mol. The number of ether oxygens (including phenoxy) is 2. The van der Waals surface area contributed by atoms with Gasteiger partial charge in [0.05, 0.1) is 31.0 Å². The maximum atomic E-state index is 13.3. The second kappa shape index (κ2) is 5.60. The van der Waals surface area contributed by atoms with Gasteiger partial charge in [-0.2, -0.15) is 0 Å². The number of halogens is 1. The topological polar surface area (TPSA) is 87.6 Å². The molecule has 0 bridgehead atoms. The van der Waals surface area contributed by atoms with Crippen molar-refractivity contribution < 1.29 is 18.7 Å². The maximum Gasteiger partial charge on any atom is 0.340 e. The second-order valence-electron chi connectivity index (χ2n) is 3.51. The normalized spacial score (nSPS) is 12.2. The van der Waals surface area contributed by atoms with Gasteiger partial charge in [-0.1, -0.05) is 0 Å². The second-order valence-corrected chi connectivity index (χ2v) is 3.51. The third-order valence-electron chi connectivity index (χ3n) is 2.33. The van der Waals surface area contributed by atoms with Crippen molar-refractivity contribution in [3.05, 3.63) is 29.1 Å². The molecule has 0 aliphatic rings. The summed E-state index contributed by atoms with van der Waals surface area (Å²) in [6.07, 6.45) is 0.